The lowest BCUT2D eigenvalue weighted by Gasteiger charge is -2.26. The number of morpholine rings is 1. The predicted octanol–water partition coefficient (Wildman–Crippen LogP) is 1.78. The first kappa shape index (κ1) is 16.2. The highest BCUT2D eigenvalue weighted by atomic mass is 35.5. The molecular weight excluding hydrogens is 310 g/mol. The van der Waals surface area contributed by atoms with Crippen molar-refractivity contribution in [2.45, 2.75) is 0 Å². The summed E-state index contributed by atoms with van der Waals surface area (Å²) in [6.07, 6.45) is 0. The van der Waals surface area contributed by atoms with E-state index in [1.54, 1.807) is 5.51 Å². The van der Waals surface area contributed by atoms with Crippen LogP contribution in [0, 0.1) is 0 Å². The van der Waals surface area contributed by atoms with E-state index in [2.05, 4.69) is 15.2 Å². The third-order valence-corrected chi connectivity index (χ3v) is 4.29. The first-order chi connectivity index (χ1) is 9.84. The molecule has 0 spiro atoms. The second kappa shape index (κ2) is 7.70. The van der Waals surface area contributed by atoms with Crippen LogP contribution in [0.2, 0.25) is 0 Å². The molecule has 0 saturated carbocycles. The van der Waals surface area contributed by atoms with Crippen LogP contribution in [0.25, 0.3) is 10.2 Å². The third-order valence-electron chi connectivity index (χ3n) is 3.42. The summed E-state index contributed by atoms with van der Waals surface area (Å²) in [6, 6.07) is 5.65. The maximum absolute atomic E-state index is 12.2. The molecule has 1 aliphatic heterocycles. The van der Waals surface area contributed by atoms with Crippen molar-refractivity contribution < 1.29 is 9.53 Å². The van der Waals surface area contributed by atoms with Crippen molar-refractivity contribution in [3.63, 3.8) is 0 Å². The Labute approximate surface area is 133 Å². The Morgan fingerprint density at radius 2 is 2.19 bits per heavy atom. The van der Waals surface area contributed by atoms with E-state index in [0.717, 1.165) is 43.1 Å². The van der Waals surface area contributed by atoms with Crippen molar-refractivity contribution in [3.8, 4) is 0 Å². The smallest absolute Gasteiger partial charge is 0.252 e. The Kier molecular flexibility index (Phi) is 5.93. The lowest BCUT2D eigenvalue weighted by atomic mass is 10.2. The first-order valence-electron chi connectivity index (χ1n) is 6.75. The van der Waals surface area contributed by atoms with E-state index < -0.39 is 0 Å². The van der Waals surface area contributed by atoms with Crippen molar-refractivity contribution in [1.29, 1.82) is 0 Å². The number of nitrogens with one attached hydrogen (secondary N) is 1. The fourth-order valence-corrected chi connectivity index (χ4v) is 3.11. The van der Waals surface area contributed by atoms with Crippen LogP contribution in [0.3, 0.4) is 0 Å². The fraction of sp³-hybridized carbons (Fsp3) is 0.429. The Hall–Kier alpha value is -1.21. The van der Waals surface area contributed by atoms with Crippen LogP contribution in [0.1, 0.15) is 10.4 Å². The molecule has 1 aliphatic rings. The number of hydrogen-bond donors (Lipinski definition) is 1. The highest BCUT2D eigenvalue weighted by Crippen LogP contribution is 2.21. The van der Waals surface area contributed by atoms with Gasteiger partial charge in [0.2, 0.25) is 0 Å². The first-order valence-corrected chi connectivity index (χ1v) is 7.63. The van der Waals surface area contributed by atoms with Gasteiger partial charge in [0.15, 0.2) is 0 Å². The number of thiazole rings is 1. The number of hydrogen-bond acceptors (Lipinski definition) is 5. The van der Waals surface area contributed by atoms with Gasteiger partial charge >= 0.3 is 0 Å². The minimum atomic E-state index is -0.0203. The van der Waals surface area contributed by atoms with Gasteiger partial charge in [-0.05, 0) is 12.1 Å². The van der Waals surface area contributed by atoms with Gasteiger partial charge in [0.05, 0.1) is 34.5 Å². The molecule has 21 heavy (non-hydrogen) atoms. The molecule has 7 heteroatoms. The van der Waals surface area contributed by atoms with Crippen LogP contribution >= 0.6 is 23.7 Å². The SMILES string of the molecule is Cl.O=C(NCCN1CCOCC1)c1cccc2ncsc12. The molecule has 0 unspecified atom stereocenters. The van der Waals surface area contributed by atoms with Crippen LogP contribution in [-0.4, -0.2) is 55.2 Å². The second-order valence-corrected chi connectivity index (χ2v) is 5.57. The number of carbonyl (C=O) groups is 1. The van der Waals surface area contributed by atoms with E-state index in [-0.39, 0.29) is 18.3 Å². The normalized spacial score (nSPS) is 15.6. The summed E-state index contributed by atoms with van der Waals surface area (Å²) in [5, 5.41) is 2.99. The van der Waals surface area contributed by atoms with E-state index in [0.29, 0.717) is 12.1 Å². The average Bonchev–Trinajstić information content (AvgIpc) is 2.96. The zero-order valence-corrected chi connectivity index (χ0v) is 13.2. The molecule has 0 aliphatic carbocycles. The molecule has 0 radical (unpaired) electrons. The van der Waals surface area contributed by atoms with Gasteiger partial charge in [-0.1, -0.05) is 6.07 Å². The standard InChI is InChI=1S/C14H17N3O2S.ClH/c18-14(15-4-5-17-6-8-19-9-7-17)11-2-1-3-12-13(11)20-10-16-12;/h1-3,10H,4-9H2,(H,15,18);1H. The molecular formula is C14H18ClN3O2S. The van der Waals surface area contributed by atoms with Crippen molar-refractivity contribution in [1.82, 2.24) is 15.2 Å². The molecule has 3 rings (SSSR count). The topological polar surface area (TPSA) is 54.5 Å². The Morgan fingerprint density at radius 1 is 1.38 bits per heavy atom. The molecule has 2 aromatic rings. The maximum Gasteiger partial charge on any atom is 0.252 e. The van der Waals surface area contributed by atoms with Gasteiger partial charge in [-0.15, -0.1) is 23.7 Å². The number of halogens is 1. The molecule has 1 saturated heterocycles. The fourth-order valence-electron chi connectivity index (χ4n) is 2.31. The monoisotopic (exact) mass is 327 g/mol. The van der Waals surface area contributed by atoms with Gasteiger partial charge in [-0.3, -0.25) is 9.69 Å². The molecule has 2 heterocycles. The van der Waals surface area contributed by atoms with Crippen LogP contribution < -0.4 is 5.32 Å². The van der Waals surface area contributed by atoms with Gasteiger partial charge in [0.1, 0.15) is 0 Å². The number of carbonyl (C=O) groups excluding carboxylic acids is 1. The molecule has 0 atom stereocenters. The molecule has 5 nitrogen and oxygen atoms in total. The van der Waals surface area contributed by atoms with E-state index in [1.807, 2.05) is 18.2 Å². The molecule has 1 amide bonds. The molecule has 1 N–H and O–H groups in total. The minimum Gasteiger partial charge on any atom is -0.379 e. The van der Waals surface area contributed by atoms with Crippen LogP contribution in [-0.2, 0) is 4.74 Å². The largest absolute Gasteiger partial charge is 0.379 e. The zero-order chi connectivity index (χ0) is 13.8. The van der Waals surface area contributed by atoms with Crippen LogP contribution in [0.5, 0.6) is 0 Å². The van der Waals surface area contributed by atoms with E-state index in [9.17, 15) is 4.79 Å². The summed E-state index contributed by atoms with van der Waals surface area (Å²) in [6.45, 7) is 4.99. The lowest BCUT2D eigenvalue weighted by Crippen LogP contribution is -2.41. The van der Waals surface area contributed by atoms with Crippen LogP contribution in [0.15, 0.2) is 23.7 Å². The zero-order valence-electron chi connectivity index (χ0n) is 11.6. The summed E-state index contributed by atoms with van der Waals surface area (Å²) >= 11 is 1.50. The second-order valence-electron chi connectivity index (χ2n) is 4.72. The minimum absolute atomic E-state index is 0. The van der Waals surface area contributed by atoms with Crippen molar-refractivity contribution >= 4 is 39.9 Å². The Bertz CT molecular complexity index is 599. The van der Waals surface area contributed by atoms with Gasteiger partial charge in [0, 0.05) is 26.2 Å². The molecule has 1 aromatic carbocycles. The summed E-state index contributed by atoms with van der Waals surface area (Å²) in [7, 11) is 0. The van der Waals surface area contributed by atoms with Crippen molar-refractivity contribution in [2.75, 3.05) is 39.4 Å². The number of ether oxygens (including phenoxy) is 1. The van der Waals surface area contributed by atoms with Gasteiger partial charge in [-0.2, -0.15) is 0 Å². The number of fused-ring (bicyclic) bond motifs is 1. The van der Waals surface area contributed by atoms with Crippen molar-refractivity contribution in [3.05, 3.63) is 29.3 Å². The molecule has 1 aromatic heterocycles. The predicted molar refractivity (Wildman–Crippen MR) is 86.5 cm³/mol. The quantitative estimate of drug-likeness (QED) is 0.930. The Morgan fingerprint density at radius 3 is 3.00 bits per heavy atom. The van der Waals surface area contributed by atoms with Crippen LogP contribution in [0.4, 0.5) is 0 Å². The van der Waals surface area contributed by atoms with Gasteiger partial charge in [-0.25, -0.2) is 4.98 Å². The number of rotatable bonds is 4. The van der Waals surface area contributed by atoms with Gasteiger partial charge in [0.25, 0.3) is 5.91 Å². The van der Waals surface area contributed by atoms with E-state index in [1.165, 1.54) is 11.3 Å². The summed E-state index contributed by atoms with van der Waals surface area (Å²) < 4.78 is 6.26. The number of aromatic nitrogens is 1. The number of nitrogens with zero attached hydrogens (tertiary/aromatic N) is 2. The summed E-state index contributed by atoms with van der Waals surface area (Å²) in [4.78, 5) is 18.8. The number of amides is 1. The highest BCUT2D eigenvalue weighted by molar-refractivity contribution is 7.17. The summed E-state index contributed by atoms with van der Waals surface area (Å²) in [5.41, 5.74) is 3.37. The summed E-state index contributed by atoms with van der Waals surface area (Å²) in [5.74, 6) is -0.0203. The molecule has 1 fully saturated rings. The maximum atomic E-state index is 12.2. The molecule has 0 bridgehead atoms. The average molecular weight is 328 g/mol. The molecule has 114 valence electrons. The lowest BCUT2D eigenvalue weighted by molar-refractivity contribution is 0.0383. The number of benzene rings is 1. The van der Waals surface area contributed by atoms with E-state index in [4.69, 9.17) is 4.74 Å². The van der Waals surface area contributed by atoms with E-state index >= 15 is 0 Å². The van der Waals surface area contributed by atoms with Gasteiger partial charge < -0.3 is 10.1 Å². The Balaban J connectivity index is 0.00000161. The van der Waals surface area contributed by atoms with Crippen molar-refractivity contribution in [2.24, 2.45) is 0 Å². The highest BCUT2D eigenvalue weighted by Gasteiger charge is 2.13. The third kappa shape index (κ3) is 3.91.